The zero-order valence-corrected chi connectivity index (χ0v) is 8.80. The van der Waals surface area contributed by atoms with Crippen molar-refractivity contribution in [2.75, 3.05) is 6.61 Å². The Balaban J connectivity index is 2.68. The number of aromatic hydroxyl groups is 1. The van der Waals surface area contributed by atoms with Crippen LogP contribution in [-0.4, -0.2) is 17.7 Å². The van der Waals surface area contributed by atoms with E-state index in [0.29, 0.717) is 0 Å². The zero-order valence-electron chi connectivity index (χ0n) is 8.80. The number of rotatable bonds is 4. The van der Waals surface area contributed by atoms with Crippen LogP contribution in [0.2, 0.25) is 0 Å². The van der Waals surface area contributed by atoms with Crippen LogP contribution < -0.4 is 0 Å². The topological polar surface area (TPSA) is 46.5 Å². The van der Waals surface area contributed by atoms with Gasteiger partial charge in [0.25, 0.3) is 0 Å². The van der Waals surface area contributed by atoms with Crippen molar-refractivity contribution in [3.63, 3.8) is 0 Å². The monoisotopic (exact) mass is 230 g/mol. The molecule has 88 valence electrons. The lowest BCUT2D eigenvalue weighted by atomic mass is 10.1. The molecule has 3 nitrogen and oxygen atoms in total. The van der Waals surface area contributed by atoms with E-state index < -0.39 is 23.4 Å². The average molecular weight is 230 g/mol. The Labute approximate surface area is 91.7 Å². The van der Waals surface area contributed by atoms with Gasteiger partial charge in [-0.2, -0.15) is 4.39 Å². The van der Waals surface area contributed by atoms with Crippen LogP contribution in [0.5, 0.6) is 5.75 Å². The molecule has 1 N–H and O–H groups in total. The van der Waals surface area contributed by atoms with Crippen molar-refractivity contribution in [2.45, 2.75) is 19.8 Å². The van der Waals surface area contributed by atoms with E-state index in [1.165, 1.54) is 6.07 Å². The third-order valence-corrected chi connectivity index (χ3v) is 2.06. The van der Waals surface area contributed by atoms with Gasteiger partial charge in [-0.3, -0.25) is 4.79 Å². The van der Waals surface area contributed by atoms with Crippen LogP contribution >= 0.6 is 0 Å². The first-order valence-corrected chi connectivity index (χ1v) is 4.87. The van der Waals surface area contributed by atoms with Gasteiger partial charge < -0.3 is 9.84 Å². The number of halogens is 2. The number of ether oxygens (including phenoxy) is 1. The number of hydrogen-bond acceptors (Lipinski definition) is 3. The predicted molar refractivity (Wildman–Crippen MR) is 53.0 cm³/mol. The van der Waals surface area contributed by atoms with Gasteiger partial charge >= 0.3 is 5.97 Å². The van der Waals surface area contributed by atoms with Crippen molar-refractivity contribution in [1.29, 1.82) is 0 Å². The fourth-order valence-corrected chi connectivity index (χ4v) is 1.25. The average Bonchev–Trinajstić information content (AvgIpc) is 2.25. The number of phenolic OH excluding ortho intramolecular Hbond substituents is 1. The lowest BCUT2D eigenvalue weighted by Gasteiger charge is -2.05. The minimum atomic E-state index is -1.29. The summed E-state index contributed by atoms with van der Waals surface area (Å²) in [6.45, 7) is 1.94. The lowest BCUT2D eigenvalue weighted by Crippen LogP contribution is -2.05. The van der Waals surface area contributed by atoms with E-state index >= 15 is 0 Å². The summed E-state index contributed by atoms with van der Waals surface area (Å²) >= 11 is 0. The molecular formula is C11H12F2O3. The molecule has 0 aliphatic carbocycles. The van der Waals surface area contributed by atoms with Crippen LogP contribution in [0.4, 0.5) is 8.78 Å². The summed E-state index contributed by atoms with van der Waals surface area (Å²) in [5, 5.41) is 9.25. The second-order valence-electron chi connectivity index (χ2n) is 3.17. The normalized spacial score (nSPS) is 10.2. The quantitative estimate of drug-likeness (QED) is 0.806. The SMILES string of the molecule is CCOC(=O)CCc1ccc(F)c(F)c1O. The molecule has 1 aromatic rings. The van der Waals surface area contributed by atoms with Crippen LogP contribution in [-0.2, 0) is 16.0 Å². The number of esters is 1. The molecule has 16 heavy (non-hydrogen) atoms. The summed E-state index contributed by atoms with van der Waals surface area (Å²) in [6, 6.07) is 2.16. The van der Waals surface area contributed by atoms with E-state index in [0.717, 1.165) is 6.07 Å². The molecule has 0 fully saturated rings. The highest BCUT2D eigenvalue weighted by Gasteiger charge is 2.13. The third-order valence-electron chi connectivity index (χ3n) is 2.06. The highest BCUT2D eigenvalue weighted by Crippen LogP contribution is 2.24. The molecule has 0 heterocycles. The molecule has 0 saturated carbocycles. The summed E-state index contributed by atoms with van der Waals surface area (Å²) in [5.41, 5.74) is 0.187. The van der Waals surface area contributed by atoms with E-state index in [1.807, 2.05) is 0 Å². The van der Waals surface area contributed by atoms with Crippen LogP contribution in [0, 0.1) is 11.6 Å². The minimum absolute atomic E-state index is 0.0203. The van der Waals surface area contributed by atoms with Gasteiger partial charge in [0.05, 0.1) is 6.61 Å². The van der Waals surface area contributed by atoms with E-state index in [4.69, 9.17) is 0 Å². The van der Waals surface area contributed by atoms with Crippen LogP contribution in [0.15, 0.2) is 12.1 Å². The second kappa shape index (κ2) is 5.44. The van der Waals surface area contributed by atoms with Crippen molar-refractivity contribution >= 4 is 5.97 Å². The molecule has 1 aromatic carbocycles. The Hall–Kier alpha value is -1.65. The van der Waals surface area contributed by atoms with Gasteiger partial charge in [-0.05, 0) is 25.0 Å². The molecule has 0 unspecified atom stereocenters. The van der Waals surface area contributed by atoms with Crippen molar-refractivity contribution in [1.82, 2.24) is 0 Å². The maximum atomic E-state index is 12.9. The van der Waals surface area contributed by atoms with Gasteiger partial charge in [-0.1, -0.05) is 6.07 Å². The number of carbonyl (C=O) groups is 1. The Bertz CT molecular complexity index is 391. The number of hydrogen-bond donors (Lipinski definition) is 1. The molecule has 0 amide bonds. The van der Waals surface area contributed by atoms with E-state index in [2.05, 4.69) is 4.74 Å². The van der Waals surface area contributed by atoms with Gasteiger partial charge in [0.15, 0.2) is 11.6 Å². The molecule has 0 radical (unpaired) electrons. The van der Waals surface area contributed by atoms with Crippen molar-refractivity contribution < 1.29 is 23.4 Å². The van der Waals surface area contributed by atoms with Gasteiger partial charge in [-0.15, -0.1) is 0 Å². The summed E-state index contributed by atoms with van der Waals surface area (Å²) < 4.78 is 30.2. The number of benzene rings is 1. The Kier molecular flexibility index (Phi) is 4.22. The van der Waals surface area contributed by atoms with E-state index in [9.17, 15) is 18.7 Å². The maximum Gasteiger partial charge on any atom is 0.306 e. The smallest absolute Gasteiger partial charge is 0.306 e. The first-order valence-electron chi connectivity index (χ1n) is 4.87. The van der Waals surface area contributed by atoms with Gasteiger partial charge in [0.1, 0.15) is 0 Å². The third kappa shape index (κ3) is 2.92. The fourth-order valence-electron chi connectivity index (χ4n) is 1.25. The van der Waals surface area contributed by atoms with Crippen LogP contribution in [0.25, 0.3) is 0 Å². The predicted octanol–water partition coefficient (Wildman–Crippen LogP) is 2.17. The largest absolute Gasteiger partial charge is 0.505 e. The van der Waals surface area contributed by atoms with Gasteiger partial charge in [-0.25, -0.2) is 4.39 Å². The summed E-state index contributed by atoms with van der Waals surface area (Å²) in [5.74, 6) is -3.59. The molecule has 5 heteroatoms. The van der Waals surface area contributed by atoms with E-state index in [-0.39, 0.29) is 25.0 Å². The molecule has 0 aliphatic rings. The Morgan fingerprint density at radius 1 is 1.44 bits per heavy atom. The van der Waals surface area contributed by atoms with Crippen LogP contribution in [0.3, 0.4) is 0 Å². The maximum absolute atomic E-state index is 12.9. The summed E-state index contributed by atoms with van der Waals surface area (Å²) in [6.07, 6.45) is 0.133. The molecule has 0 spiro atoms. The molecule has 0 bridgehead atoms. The summed E-state index contributed by atoms with van der Waals surface area (Å²) in [4.78, 5) is 11.0. The molecule has 0 aromatic heterocycles. The fraction of sp³-hybridized carbons (Fsp3) is 0.364. The highest BCUT2D eigenvalue weighted by molar-refractivity contribution is 5.69. The number of aryl methyl sites for hydroxylation is 1. The standard InChI is InChI=1S/C11H12F2O3/c1-2-16-9(14)6-4-7-3-5-8(12)10(13)11(7)15/h3,5,15H,2,4,6H2,1H3. The summed E-state index contributed by atoms with van der Waals surface area (Å²) in [7, 11) is 0. The molecule has 1 rings (SSSR count). The van der Waals surface area contributed by atoms with Crippen molar-refractivity contribution in [3.8, 4) is 5.75 Å². The van der Waals surface area contributed by atoms with Crippen LogP contribution in [0.1, 0.15) is 18.9 Å². The molecule has 0 saturated heterocycles. The van der Waals surface area contributed by atoms with Gasteiger partial charge in [0.2, 0.25) is 5.82 Å². The number of phenols is 1. The Morgan fingerprint density at radius 3 is 2.75 bits per heavy atom. The van der Waals surface area contributed by atoms with Gasteiger partial charge in [0, 0.05) is 6.42 Å². The minimum Gasteiger partial charge on any atom is -0.505 e. The highest BCUT2D eigenvalue weighted by atomic mass is 19.2. The molecule has 0 atom stereocenters. The first kappa shape index (κ1) is 12.4. The number of carbonyl (C=O) groups excluding carboxylic acids is 1. The Morgan fingerprint density at radius 2 is 2.12 bits per heavy atom. The lowest BCUT2D eigenvalue weighted by molar-refractivity contribution is -0.143. The zero-order chi connectivity index (χ0) is 12.1. The van der Waals surface area contributed by atoms with Crippen molar-refractivity contribution in [3.05, 3.63) is 29.3 Å². The molecular weight excluding hydrogens is 218 g/mol. The van der Waals surface area contributed by atoms with Crippen molar-refractivity contribution in [2.24, 2.45) is 0 Å². The first-order chi connectivity index (χ1) is 7.56. The van der Waals surface area contributed by atoms with E-state index in [1.54, 1.807) is 6.92 Å². The second-order valence-corrected chi connectivity index (χ2v) is 3.17. The molecule has 0 aliphatic heterocycles.